The van der Waals surface area contributed by atoms with Gasteiger partial charge in [0.15, 0.2) is 6.61 Å². The van der Waals surface area contributed by atoms with E-state index in [0.717, 1.165) is 0 Å². The van der Waals surface area contributed by atoms with Crippen LogP contribution in [-0.2, 0) is 9.53 Å². The Morgan fingerprint density at radius 1 is 1.88 bits per heavy atom. The molecular weight excluding hydrogens is 219 g/mol. The van der Waals surface area contributed by atoms with Gasteiger partial charge in [-0.2, -0.15) is 0 Å². The van der Waals surface area contributed by atoms with Gasteiger partial charge >= 0.3 is 5.97 Å². The average Bonchev–Trinajstić information content (AvgIpc) is 1.83. The smallest absolute Gasteiger partial charge is 0.316 e. The highest BCUT2D eigenvalue weighted by Crippen LogP contribution is 1.83. The fraction of sp³-hybridized carbons (Fsp3) is 0.400. The molecule has 0 aliphatic carbocycles. The van der Waals surface area contributed by atoms with Crippen molar-refractivity contribution in [3.05, 3.63) is 0 Å². The molecule has 0 amide bonds. The predicted molar refractivity (Wildman–Crippen MR) is 38.7 cm³/mol. The third-order valence-corrected chi connectivity index (χ3v) is 1.05. The second kappa shape index (κ2) is 4.91. The fourth-order valence-corrected chi connectivity index (χ4v) is 0.381. The number of alkyl halides is 1. The van der Waals surface area contributed by atoms with Crippen molar-refractivity contribution in [1.29, 1.82) is 0 Å². The van der Waals surface area contributed by atoms with Crippen LogP contribution in [0.1, 0.15) is 0 Å². The number of carbonyl (C=O) groups is 1. The molecule has 0 saturated carbocycles. The minimum Gasteiger partial charge on any atom is -0.452 e. The van der Waals surface area contributed by atoms with Crippen LogP contribution in [0.15, 0.2) is 0 Å². The van der Waals surface area contributed by atoms with Crippen LogP contribution in [0.5, 0.6) is 0 Å². The fourth-order valence-electron chi connectivity index (χ4n) is 0.161. The van der Waals surface area contributed by atoms with Gasteiger partial charge in [-0.3, -0.25) is 4.79 Å². The van der Waals surface area contributed by atoms with Crippen LogP contribution in [0.25, 0.3) is 0 Å². The predicted octanol–water partition coefficient (Wildman–Crippen LogP) is 0.598. The lowest BCUT2D eigenvalue weighted by molar-refractivity contribution is -0.138. The van der Waals surface area contributed by atoms with Crippen molar-refractivity contribution in [2.24, 2.45) is 0 Å². The van der Waals surface area contributed by atoms with Gasteiger partial charge in [0.05, 0.1) is 4.43 Å². The van der Waals surface area contributed by atoms with Crippen molar-refractivity contribution in [2.75, 3.05) is 11.0 Å². The normalized spacial score (nSPS) is 7.50. The maximum atomic E-state index is 10.2. The maximum absolute atomic E-state index is 10.2. The lowest BCUT2D eigenvalue weighted by Gasteiger charge is -1.92. The van der Waals surface area contributed by atoms with Crippen molar-refractivity contribution in [3.8, 4) is 12.3 Å². The van der Waals surface area contributed by atoms with Crippen LogP contribution in [0, 0.1) is 12.3 Å². The highest BCUT2D eigenvalue weighted by Gasteiger charge is 1.93. The molecule has 0 saturated heterocycles. The molecule has 0 aliphatic rings. The number of hydrogen-bond acceptors (Lipinski definition) is 2. The Morgan fingerprint density at radius 2 is 2.50 bits per heavy atom. The van der Waals surface area contributed by atoms with E-state index in [4.69, 9.17) is 6.42 Å². The Hall–Kier alpha value is -0.240. The second-order valence-corrected chi connectivity index (χ2v) is 1.76. The van der Waals surface area contributed by atoms with Crippen LogP contribution in [0.2, 0.25) is 0 Å². The van der Waals surface area contributed by atoms with Gasteiger partial charge in [-0.05, 0) is 0 Å². The summed E-state index contributed by atoms with van der Waals surface area (Å²) in [7, 11) is 0. The second-order valence-electron chi connectivity index (χ2n) is 0.998. The van der Waals surface area contributed by atoms with Gasteiger partial charge in [0, 0.05) is 0 Å². The molecule has 0 aromatic heterocycles. The summed E-state index contributed by atoms with van der Waals surface area (Å²) in [4.78, 5) is 10.2. The number of hydrogen-bond donors (Lipinski definition) is 0. The quantitative estimate of drug-likeness (QED) is 0.297. The number of halogens is 1. The maximum Gasteiger partial charge on any atom is 0.316 e. The van der Waals surface area contributed by atoms with E-state index in [1.165, 1.54) is 0 Å². The third kappa shape index (κ3) is 3.93. The number of rotatable bonds is 2. The summed E-state index contributed by atoms with van der Waals surface area (Å²) < 4.78 is 4.82. The van der Waals surface area contributed by atoms with Crippen LogP contribution in [0.3, 0.4) is 0 Å². The molecule has 0 aliphatic heterocycles. The third-order valence-electron chi connectivity index (χ3n) is 0.426. The summed E-state index contributed by atoms with van der Waals surface area (Å²) in [6.45, 7) is 0.0852. The van der Waals surface area contributed by atoms with E-state index in [1.807, 2.05) is 22.6 Å². The summed E-state index contributed by atoms with van der Waals surface area (Å²) in [5.74, 6) is 1.93. The van der Waals surface area contributed by atoms with E-state index < -0.39 is 0 Å². The standard InChI is InChI=1S/C5H5IO2/c1-2-3-8-5(7)4-6/h1H,3-4H2. The highest BCUT2D eigenvalue weighted by molar-refractivity contribution is 14.1. The van der Waals surface area contributed by atoms with Gasteiger partial charge in [0.25, 0.3) is 0 Å². The SMILES string of the molecule is C#CCOC(=O)CI. The van der Waals surface area contributed by atoms with E-state index in [9.17, 15) is 4.79 Å². The van der Waals surface area contributed by atoms with Crippen LogP contribution < -0.4 is 0 Å². The first-order chi connectivity index (χ1) is 3.81. The van der Waals surface area contributed by atoms with Crippen molar-refractivity contribution in [2.45, 2.75) is 0 Å². The van der Waals surface area contributed by atoms with E-state index in [-0.39, 0.29) is 12.6 Å². The zero-order chi connectivity index (χ0) is 6.41. The van der Waals surface area contributed by atoms with E-state index in [2.05, 4.69) is 10.7 Å². The van der Waals surface area contributed by atoms with E-state index in [0.29, 0.717) is 4.43 Å². The molecular formula is C5H5IO2. The zero-order valence-corrected chi connectivity index (χ0v) is 6.34. The largest absolute Gasteiger partial charge is 0.452 e. The Labute approximate surface area is 61.7 Å². The van der Waals surface area contributed by atoms with Gasteiger partial charge < -0.3 is 4.74 Å². The Kier molecular flexibility index (Phi) is 4.76. The molecule has 0 fully saturated rings. The molecule has 0 aromatic carbocycles. The lowest BCUT2D eigenvalue weighted by atomic mass is 10.7. The zero-order valence-electron chi connectivity index (χ0n) is 4.19. The molecule has 0 bridgehead atoms. The van der Waals surface area contributed by atoms with Crippen molar-refractivity contribution in [1.82, 2.24) is 0 Å². The molecule has 0 radical (unpaired) electrons. The number of carbonyl (C=O) groups excluding carboxylic acids is 1. The van der Waals surface area contributed by atoms with Gasteiger partial charge in [-0.25, -0.2) is 0 Å². The van der Waals surface area contributed by atoms with Gasteiger partial charge in [-0.1, -0.05) is 28.5 Å². The molecule has 0 N–H and O–H groups in total. The molecule has 3 heteroatoms. The Balaban J connectivity index is 3.15. The molecule has 0 unspecified atom stereocenters. The first-order valence-corrected chi connectivity index (χ1v) is 3.49. The summed E-state index contributed by atoms with van der Waals surface area (Å²) in [5, 5.41) is 0. The Bertz CT molecular complexity index is 114. The van der Waals surface area contributed by atoms with Crippen LogP contribution >= 0.6 is 22.6 Å². The molecule has 44 valence electrons. The summed E-state index contributed by atoms with van der Waals surface area (Å²) in [6.07, 6.45) is 4.80. The number of terminal acetylenes is 1. The van der Waals surface area contributed by atoms with E-state index >= 15 is 0 Å². The summed E-state index contributed by atoms with van der Waals surface area (Å²) in [6, 6.07) is 0. The van der Waals surface area contributed by atoms with E-state index in [1.54, 1.807) is 0 Å². The molecule has 0 spiro atoms. The summed E-state index contributed by atoms with van der Waals surface area (Å²) >= 11 is 1.91. The van der Waals surface area contributed by atoms with Gasteiger partial charge in [0.2, 0.25) is 0 Å². The topological polar surface area (TPSA) is 26.3 Å². The van der Waals surface area contributed by atoms with Gasteiger partial charge in [-0.15, -0.1) is 6.42 Å². The minimum atomic E-state index is -0.261. The average molecular weight is 224 g/mol. The van der Waals surface area contributed by atoms with Crippen molar-refractivity contribution < 1.29 is 9.53 Å². The molecule has 8 heavy (non-hydrogen) atoms. The molecule has 0 atom stereocenters. The summed E-state index contributed by atoms with van der Waals surface area (Å²) in [5.41, 5.74) is 0. The Morgan fingerprint density at radius 3 is 2.88 bits per heavy atom. The van der Waals surface area contributed by atoms with Crippen LogP contribution in [0.4, 0.5) is 0 Å². The number of esters is 1. The first-order valence-electron chi connectivity index (χ1n) is 1.96. The molecule has 2 nitrogen and oxygen atoms in total. The van der Waals surface area contributed by atoms with Crippen molar-refractivity contribution >= 4 is 28.6 Å². The van der Waals surface area contributed by atoms with Crippen LogP contribution in [-0.4, -0.2) is 17.0 Å². The molecule has 0 aromatic rings. The number of ether oxygens (including phenoxy) is 1. The molecule has 0 heterocycles. The first kappa shape index (κ1) is 7.76. The minimum absolute atomic E-state index is 0.0852. The molecule has 0 rings (SSSR count). The van der Waals surface area contributed by atoms with Crippen molar-refractivity contribution in [3.63, 3.8) is 0 Å². The lowest BCUT2D eigenvalue weighted by Crippen LogP contribution is -2.04. The monoisotopic (exact) mass is 224 g/mol. The van der Waals surface area contributed by atoms with Gasteiger partial charge in [0.1, 0.15) is 0 Å². The highest BCUT2D eigenvalue weighted by atomic mass is 127.